The van der Waals surface area contributed by atoms with Crippen molar-refractivity contribution in [2.24, 2.45) is 0 Å². The Morgan fingerprint density at radius 1 is 1.50 bits per heavy atom. The summed E-state index contributed by atoms with van der Waals surface area (Å²) in [6.45, 7) is -0.605. The summed E-state index contributed by atoms with van der Waals surface area (Å²) in [6, 6.07) is 3.05. The highest BCUT2D eigenvalue weighted by Crippen LogP contribution is 2.03. The summed E-state index contributed by atoms with van der Waals surface area (Å²) in [5.74, 6) is -0.757. The van der Waals surface area contributed by atoms with E-state index < -0.39 is 18.2 Å². The third kappa shape index (κ3) is 2.03. The van der Waals surface area contributed by atoms with E-state index in [2.05, 4.69) is 0 Å². The Hall–Kier alpha value is -1.42. The summed E-state index contributed by atoms with van der Waals surface area (Å²) in [7, 11) is 0. The van der Waals surface area contributed by atoms with E-state index in [0.717, 1.165) is 0 Å². The minimum absolute atomic E-state index is 0.150. The molecule has 1 aromatic rings. The molecule has 0 aliphatic carbocycles. The number of furan rings is 1. The Kier molecular flexibility index (Phi) is 2.76. The van der Waals surface area contributed by atoms with E-state index in [1.165, 1.54) is 12.3 Å². The molecule has 0 saturated heterocycles. The highest BCUT2D eigenvalue weighted by molar-refractivity contribution is 6.06. The third-order valence-corrected chi connectivity index (χ3v) is 1.33. The smallest absolute Gasteiger partial charge is 0.205 e. The van der Waals surface area contributed by atoms with Gasteiger partial charge in [0.1, 0.15) is 6.61 Å². The lowest BCUT2D eigenvalue weighted by atomic mass is 10.2. The SMILES string of the molecule is O=C(CO)CC(=O)c1ccco1. The molecular formula is C8H8O4. The lowest BCUT2D eigenvalue weighted by molar-refractivity contribution is -0.120. The topological polar surface area (TPSA) is 67.5 Å². The molecule has 0 aromatic carbocycles. The molecule has 0 spiro atoms. The van der Waals surface area contributed by atoms with E-state index in [-0.39, 0.29) is 12.2 Å². The first-order valence-corrected chi connectivity index (χ1v) is 3.43. The number of aliphatic hydroxyl groups is 1. The minimum Gasteiger partial charge on any atom is -0.461 e. The summed E-state index contributed by atoms with van der Waals surface area (Å²) >= 11 is 0. The van der Waals surface area contributed by atoms with Crippen LogP contribution in [0.2, 0.25) is 0 Å². The van der Waals surface area contributed by atoms with Gasteiger partial charge in [0.05, 0.1) is 12.7 Å². The van der Waals surface area contributed by atoms with Crippen molar-refractivity contribution in [3.05, 3.63) is 24.2 Å². The van der Waals surface area contributed by atoms with Crippen molar-refractivity contribution in [2.45, 2.75) is 6.42 Å². The van der Waals surface area contributed by atoms with E-state index in [1.807, 2.05) is 0 Å². The highest BCUT2D eigenvalue weighted by Gasteiger charge is 2.12. The van der Waals surface area contributed by atoms with Crippen molar-refractivity contribution >= 4 is 11.6 Å². The monoisotopic (exact) mass is 168 g/mol. The zero-order chi connectivity index (χ0) is 8.97. The number of carbonyl (C=O) groups excluding carboxylic acids is 2. The van der Waals surface area contributed by atoms with Crippen LogP contribution >= 0.6 is 0 Å². The molecule has 1 aromatic heterocycles. The summed E-state index contributed by atoms with van der Waals surface area (Å²) < 4.78 is 4.76. The van der Waals surface area contributed by atoms with Crippen molar-refractivity contribution in [1.29, 1.82) is 0 Å². The van der Waals surface area contributed by atoms with Gasteiger partial charge in [-0.25, -0.2) is 0 Å². The fourth-order valence-corrected chi connectivity index (χ4v) is 0.759. The predicted octanol–water partition coefficient (Wildman–Crippen LogP) is 0.414. The number of aliphatic hydroxyl groups excluding tert-OH is 1. The largest absolute Gasteiger partial charge is 0.461 e. The van der Waals surface area contributed by atoms with Gasteiger partial charge in [0.2, 0.25) is 5.78 Å². The summed E-state index contributed by atoms with van der Waals surface area (Å²) in [5, 5.41) is 8.35. The van der Waals surface area contributed by atoms with Gasteiger partial charge in [0.15, 0.2) is 11.5 Å². The fraction of sp³-hybridized carbons (Fsp3) is 0.250. The van der Waals surface area contributed by atoms with Crippen LogP contribution in [0.3, 0.4) is 0 Å². The first-order chi connectivity index (χ1) is 5.74. The van der Waals surface area contributed by atoms with E-state index >= 15 is 0 Å². The van der Waals surface area contributed by atoms with Gasteiger partial charge < -0.3 is 9.52 Å². The molecule has 1 rings (SSSR count). The number of hydrogen-bond acceptors (Lipinski definition) is 4. The van der Waals surface area contributed by atoms with Crippen molar-refractivity contribution in [1.82, 2.24) is 0 Å². The van der Waals surface area contributed by atoms with Crippen molar-refractivity contribution < 1.29 is 19.1 Å². The molecular weight excluding hydrogens is 160 g/mol. The lowest BCUT2D eigenvalue weighted by Crippen LogP contribution is -2.10. The molecule has 0 saturated carbocycles. The van der Waals surface area contributed by atoms with Crippen LogP contribution in [0, 0.1) is 0 Å². The minimum atomic E-state index is -0.605. The second-order valence-electron chi connectivity index (χ2n) is 2.27. The molecule has 0 fully saturated rings. The number of Topliss-reactive ketones (excluding diaryl/α,β-unsaturated/α-hetero) is 2. The van der Waals surface area contributed by atoms with E-state index in [0.29, 0.717) is 0 Å². The first kappa shape index (κ1) is 8.67. The van der Waals surface area contributed by atoms with Crippen molar-refractivity contribution in [3.8, 4) is 0 Å². The molecule has 0 aliphatic rings. The number of carbonyl (C=O) groups is 2. The number of rotatable bonds is 4. The Bertz CT molecular complexity index is 273. The molecule has 0 amide bonds. The van der Waals surface area contributed by atoms with Gasteiger partial charge >= 0.3 is 0 Å². The molecule has 12 heavy (non-hydrogen) atoms. The maximum atomic E-state index is 11.0. The molecule has 64 valence electrons. The molecule has 0 aliphatic heterocycles. The quantitative estimate of drug-likeness (QED) is 0.522. The third-order valence-electron chi connectivity index (χ3n) is 1.33. The van der Waals surface area contributed by atoms with E-state index in [9.17, 15) is 9.59 Å². The fourth-order valence-electron chi connectivity index (χ4n) is 0.759. The second-order valence-corrected chi connectivity index (χ2v) is 2.27. The maximum Gasteiger partial charge on any atom is 0.205 e. The van der Waals surface area contributed by atoms with Crippen LogP contribution in [0.25, 0.3) is 0 Å². The first-order valence-electron chi connectivity index (χ1n) is 3.43. The van der Waals surface area contributed by atoms with Crippen LogP contribution in [-0.2, 0) is 4.79 Å². The summed E-state index contributed by atoms with van der Waals surface area (Å²) in [4.78, 5) is 21.7. The van der Waals surface area contributed by atoms with Crippen LogP contribution in [0.5, 0.6) is 0 Å². The van der Waals surface area contributed by atoms with Gasteiger partial charge in [-0.15, -0.1) is 0 Å². The number of ketones is 2. The Morgan fingerprint density at radius 3 is 2.75 bits per heavy atom. The molecule has 0 atom stereocenters. The van der Waals surface area contributed by atoms with Crippen LogP contribution in [-0.4, -0.2) is 23.3 Å². The van der Waals surface area contributed by atoms with Gasteiger partial charge in [-0.2, -0.15) is 0 Å². The zero-order valence-electron chi connectivity index (χ0n) is 6.32. The second kappa shape index (κ2) is 3.82. The van der Waals surface area contributed by atoms with Crippen LogP contribution < -0.4 is 0 Å². The van der Waals surface area contributed by atoms with Gasteiger partial charge in [-0.05, 0) is 12.1 Å². The van der Waals surface area contributed by atoms with Gasteiger partial charge in [-0.3, -0.25) is 9.59 Å². The van der Waals surface area contributed by atoms with Crippen LogP contribution in [0.1, 0.15) is 17.0 Å². The molecule has 4 heteroatoms. The van der Waals surface area contributed by atoms with Crippen LogP contribution in [0.15, 0.2) is 22.8 Å². The number of hydrogen-bond donors (Lipinski definition) is 1. The van der Waals surface area contributed by atoms with Crippen LogP contribution in [0.4, 0.5) is 0 Å². The Morgan fingerprint density at radius 2 is 2.25 bits per heavy atom. The van der Waals surface area contributed by atoms with Gasteiger partial charge in [0.25, 0.3) is 0 Å². The molecule has 1 N–H and O–H groups in total. The average Bonchev–Trinajstić information content (AvgIpc) is 2.56. The normalized spacial score (nSPS) is 9.75. The van der Waals surface area contributed by atoms with E-state index in [1.54, 1.807) is 6.07 Å². The summed E-state index contributed by atoms with van der Waals surface area (Å²) in [5.41, 5.74) is 0. The Labute approximate surface area is 68.8 Å². The molecule has 4 nitrogen and oxygen atoms in total. The predicted molar refractivity (Wildman–Crippen MR) is 39.7 cm³/mol. The zero-order valence-corrected chi connectivity index (χ0v) is 6.32. The standard InChI is InChI=1S/C8H8O4/c9-5-6(10)4-7(11)8-2-1-3-12-8/h1-3,9H,4-5H2. The van der Waals surface area contributed by atoms with E-state index in [4.69, 9.17) is 9.52 Å². The molecule has 0 radical (unpaired) electrons. The average molecular weight is 168 g/mol. The molecule has 0 bridgehead atoms. The van der Waals surface area contributed by atoms with Crippen molar-refractivity contribution in [2.75, 3.05) is 6.61 Å². The lowest BCUT2D eigenvalue weighted by Gasteiger charge is -1.92. The maximum absolute atomic E-state index is 11.0. The Balaban J connectivity index is 2.56. The molecule has 1 heterocycles. The van der Waals surface area contributed by atoms with Crippen molar-refractivity contribution in [3.63, 3.8) is 0 Å². The van der Waals surface area contributed by atoms with Gasteiger partial charge in [0, 0.05) is 0 Å². The summed E-state index contributed by atoms with van der Waals surface area (Å²) in [6.07, 6.45) is 1.06. The highest BCUT2D eigenvalue weighted by atomic mass is 16.3. The molecule has 0 unspecified atom stereocenters. The van der Waals surface area contributed by atoms with Gasteiger partial charge in [-0.1, -0.05) is 0 Å².